The molecule has 3 N–H and O–H groups in total. The van der Waals surface area contributed by atoms with Crippen molar-refractivity contribution >= 4 is 0 Å². The minimum Gasteiger partial charge on any atom is -0.313 e. The smallest absolute Gasteiger partial charge is 0.0659 e. The van der Waals surface area contributed by atoms with Gasteiger partial charge in [-0.1, -0.05) is 26.8 Å². The summed E-state index contributed by atoms with van der Waals surface area (Å²) in [7, 11) is 0. The van der Waals surface area contributed by atoms with E-state index < -0.39 is 0 Å². The van der Waals surface area contributed by atoms with Gasteiger partial charge in [0.05, 0.1) is 5.66 Å². The third kappa shape index (κ3) is 6.69. The first-order chi connectivity index (χ1) is 7.08. The van der Waals surface area contributed by atoms with E-state index in [4.69, 9.17) is 5.73 Å². The summed E-state index contributed by atoms with van der Waals surface area (Å²) in [5.74, 6) is 0.695. The lowest BCUT2D eigenvalue weighted by molar-refractivity contribution is 0.276. The van der Waals surface area contributed by atoms with Crippen LogP contribution < -0.4 is 11.1 Å². The molecule has 0 aliphatic rings. The van der Waals surface area contributed by atoms with Crippen molar-refractivity contribution in [2.24, 2.45) is 11.7 Å². The molecule has 0 heterocycles. The van der Waals surface area contributed by atoms with Gasteiger partial charge in [0.25, 0.3) is 0 Å². The molecule has 0 saturated carbocycles. The molecule has 0 amide bonds. The van der Waals surface area contributed by atoms with E-state index in [1.165, 1.54) is 6.42 Å². The molecule has 2 heteroatoms. The Balaban J connectivity index is 3.90. The van der Waals surface area contributed by atoms with E-state index in [0.29, 0.717) is 5.92 Å². The quantitative estimate of drug-likeness (QED) is 0.455. The van der Waals surface area contributed by atoms with Gasteiger partial charge in [-0.2, -0.15) is 0 Å². The van der Waals surface area contributed by atoms with Crippen LogP contribution in [0.1, 0.15) is 52.9 Å². The summed E-state index contributed by atoms with van der Waals surface area (Å²) in [6.07, 6.45) is 7.45. The van der Waals surface area contributed by atoms with Crippen LogP contribution in [0.4, 0.5) is 0 Å². The molecular weight excluding hydrogens is 184 g/mol. The first-order valence-corrected chi connectivity index (χ1v) is 6.22. The largest absolute Gasteiger partial charge is 0.313 e. The summed E-state index contributed by atoms with van der Waals surface area (Å²) in [6, 6.07) is 0. The van der Waals surface area contributed by atoms with Crippen LogP contribution >= 0.6 is 0 Å². The maximum absolute atomic E-state index is 6.29. The van der Waals surface area contributed by atoms with Crippen LogP contribution in [0, 0.1) is 5.92 Å². The Labute approximate surface area is 95.3 Å². The van der Waals surface area contributed by atoms with E-state index >= 15 is 0 Å². The highest BCUT2D eigenvalue weighted by Gasteiger charge is 2.21. The Morgan fingerprint density at radius 1 is 1.47 bits per heavy atom. The predicted molar refractivity (Wildman–Crippen MR) is 68.7 cm³/mol. The van der Waals surface area contributed by atoms with Crippen molar-refractivity contribution in [3.8, 4) is 0 Å². The van der Waals surface area contributed by atoms with Gasteiger partial charge in [0.2, 0.25) is 0 Å². The van der Waals surface area contributed by atoms with Crippen LogP contribution in [0.15, 0.2) is 12.7 Å². The molecule has 0 radical (unpaired) electrons. The minimum atomic E-state index is -0.161. The maximum atomic E-state index is 6.29. The number of nitrogens with one attached hydrogen (secondary N) is 1. The number of allylic oxidation sites excluding steroid dienone is 1. The SMILES string of the molecule is C=CCC(C)CCC(N)(CC)NCCC. The molecule has 0 aliphatic heterocycles. The minimum absolute atomic E-state index is 0.161. The van der Waals surface area contributed by atoms with Gasteiger partial charge in [0.15, 0.2) is 0 Å². The van der Waals surface area contributed by atoms with E-state index in [2.05, 4.69) is 32.7 Å². The van der Waals surface area contributed by atoms with E-state index in [1.54, 1.807) is 0 Å². The molecule has 0 fully saturated rings. The zero-order valence-corrected chi connectivity index (χ0v) is 10.7. The number of hydrogen-bond acceptors (Lipinski definition) is 2. The molecule has 0 aliphatic carbocycles. The van der Waals surface area contributed by atoms with Crippen molar-refractivity contribution in [1.29, 1.82) is 0 Å². The van der Waals surface area contributed by atoms with Gasteiger partial charge in [-0.3, -0.25) is 5.32 Å². The number of hydrogen-bond donors (Lipinski definition) is 2. The second-order valence-corrected chi connectivity index (χ2v) is 4.60. The second kappa shape index (κ2) is 7.89. The molecule has 2 nitrogen and oxygen atoms in total. The van der Waals surface area contributed by atoms with Crippen molar-refractivity contribution in [2.75, 3.05) is 6.54 Å². The van der Waals surface area contributed by atoms with Crippen LogP contribution in [0.2, 0.25) is 0 Å². The Bertz CT molecular complexity index is 168. The monoisotopic (exact) mass is 212 g/mol. The van der Waals surface area contributed by atoms with Crippen molar-refractivity contribution < 1.29 is 0 Å². The van der Waals surface area contributed by atoms with Gasteiger partial charge in [0, 0.05) is 0 Å². The Morgan fingerprint density at radius 3 is 2.60 bits per heavy atom. The van der Waals surface area contributed by atoms with E-state index in [-0.39, 0.29) is 5.66 Å². The van der Waals surface area contributed by atoms with Crippen LogP contribution in [-0.4, -0.2) is 12.2 Å². The normalized spacial score (nSPS) is 17.1. The fourth-order valence-corrected chi connectivity index (χ4v) is 1.67. The molecule has 0 saturated heterocycles. The molecule has 0 aromatic heterocycles. The average Bonchev–Trinajstić information content (AvgIpc) is 2.24. The third-order valence-electron chi connectivity index (χ3n) is 3.01. The molecule has 90 valence electrons. The van der Waals surface area contributed by atoms with Crippen LogP contribution in [0.5, 0.6) is 0 Å². The zero-order valence-electron chi connectivity index (χ0n) is 10.7. The molecule has 0 aromatic carbocycles. The van der Waals surface area contributed by atoms with Crippen molar-refractivity contribution in [3.05, 3.63) is 12.7 Å². The average molecular weight is 212 g/mol. The predicted octanol–water partition coefficient (Wildman–Crippen LogP) is 3.04. The second-order valence-electron chi connectivity index (χ2n) is 4.60. The maximum Gasteiger partial charge on any atom is 0.0659 e. The van der Waals surface area contributed by atoms with Crippen LogP contribution in [0.25, 0.3) is 0 Å². The highest BCUT2D eigenvalue weighted by Crippen LogP contribution is 2.18. The summed E-state index contributed by atoms with van der Waals surface area (Å²) in [5, 5.41) is 3.44. The van der Waals surface area contributed by atoms with Crippen molar-refractivity contribution in [3.63, 3.8) is 0 Å². The fourth-order valence-electron chi connectivity index (χ4n) is 1.67. The standard InChI is InChI=1S/C13H28N2/c1-5-8-12(4)9-10-13(14,7-3)15-11-6-2/h5,12,15H,1,6-11,14H2,2-4H3. The van der Waals surface area contributed by atoms with Crippen molar-refractivity contribution in [1.82, 2.24) is 5.32 Å². The van der Waals surface area contributed by atoms with Crippen LogP contribution in [0.3, 0.4) is 0 Å². The van der Waals surface area contributed by atoms with E-state index in [9.17, 15) is 0 Å². The fraction of sp³-hybridized carbons (Fsp3) is 0.846. The van der Waals surface area contributed by atoms with Gasteiger partial charge >= 0.3 is 0 Å². The lowest BCUT2D eigenvalue weighted by Crippen LogP contribution is -2.53. The highest BCUT2D eigenvalue weighted by atomic mass is 15.1. The molecule has 0 bridgehead atoms. The summed E-state index contributed by atoms with van der Waals surface area (Å²) >= 11 is 0. The topological polar surface area (TPSA) is 38.0 Å². The molecule has 15 heavy (non-hydrogen) atoms. The summed E-state index contributed by atoms with van der Waals surface area (Å²) < 4.78 is 0. The number of rotatable bonds is 9. The van der Waals surface area contributed by atoms with Crippen LogP contribution in [-0.2, 0) is 0 Å². The van der Waals surface area contributed by atoms with E-state index in [0.717, 1.165) is 32.2 Å². The molecule has 0 spiro atoms. The Hall–Kier alpha value is -0.340. The molecule has 2 unspecified atom stereocenters. The van der Waals surface area contributed by atoms with E-state index in [1.807, 2.05) is 6.08 Å². The summed E-state index contributed by atoms with van der Waals surface area (Å²) in [5.41, 5.74) is 6.13. The first kappa shape index (κ1) is 14.7. The highest BCUT2D eigenvalue weighted by molar-refractivity contribution is 4.81. The lowest BCUT2D eigenvalue weighted by Gasteiger charge is -2.30. The summed E-state index contributed by atoms with van der Waals surface area (Å²) in [4.78, 5) is 0. The van der Waals surface area contributed by atoms with Crippen molar-refractivity contribution in [2.45, 2.75) is 58.5 Å². The zero-order chi connectivity index (χ0) is 11.7. The first-order valence-electron chi connectivity index (χ1n) is 6.22. The molecule has 2 atom stereocenters. The Morgan fingerprint density at radius 2 is 2.13 bits per heavy atom. The molecular formula is C13H28N2. The van der Waals surface area contributed by atoms with Gasteiger partial charge in [0.1, 0.15) is 0 Å². The molecule has 0 rings (SSSR count). The lowest BCUT2D eigenvalue weighted by atomic mass is 9.93. The van der Waals surface area contributed by atoms with Gasteiger partial charge in [-0.15, -0.1) is 6.58 Å². The van der Waals surface area contributed by atoms with Gasteiger partial charge in [-0.05, 0) is 44.6 Å². The summed E-state index contributed by atoms with van der Waals surface area (Å²) in [6.45, 7) is 11.4. The molecule has 0 aromatic rings. The van der Waals surface area contributed by atoms with Gasteiger partial charge in [-0.25, -0.2) is 0 Å². The third-order valence-corrected chi connectivity index (χ3v) is 3.01. The Kier molecular flexibility index (Phi) is 7.71. The number of nitrogens with two attached hydrogens (primary N) is 1. The van der Waals surface area contributed by atoms with Gasteiger partial charge < -0.3 is 5.73 Å².